The Hall–Kier alpha value is -3.58. The molecule has 3 heterocycles. The highest BCUT2D eigenvalue weighted by molar-refractivity contribution is 6.32. The molecular formula is C26H28N6O. The first-order valence-corrected chi connectivity index (χ1v) is 11.5. The van der Waals surface area contributed by atoms with E-state index in [0.29, 0.717) is 22.9 Å². The molecular weight excluding hydrogens is 412 g/mol. The van der Waals surface area contributed by atoms with E-state index >= 15 is 0 Å². The van der Waals surface area contributed by atoms with Crippen molar-refractivity contribution in [3.05, 3.63) is 88.0 Å². The van der Waals surface area contributed by atoms with Gasteiger partial charge >= 0.3 is 0 Å². The molecule has 1 fully saturated rings. The van der Waals surface area contributed by atoms with E-state index in [1.807, 2.05) is 18.2 Å². The van der Waals surface area contributed by atoms with Crippen LogP contribution in [0.25, 0.3) is 6.08 Å². The van der Waals surface area contributed by atoms with E-state index in [2.05, 4.69) is 62.2 Å². The number of hydrogen-bond donors (Lipinski definition) is 3. The van der Waals surface area contributed by atoms with Crippen LogP contribution in [0.15, 0.2) is 59.3 Å². The number of aromatic amines is 1. The standard InChI is InChI=1S/C26H28N6O/c1-17-20(9-5-13-27-16-18-7-3-2-4-8-18)24(19-11-12-19)23(29-17)15-21-25(31-32-26(21)33)22-10-6-14-28-30-22/h2-4,6-8,10,14-15,19,27,29H,5,9,11-13,16H2,1H3,(H,32,33)/b21-15+. The molecule has 1 aliphatic carbocycles. The van der Waals surface area contributed by atoms with E-state index in [1.165, 1.54) is 35.2 Å². The van der Waals surface area contributed by atoms with Crippen LogP contribution in [0.5, 0.6) is 0 Å². The lowest BCUT2D eigenvalue weighted by Crippen LogP contribution is -2.15. The first kappa shape index (κ1) is 21.3. The topological polar surface area (TPSA) is 95.1 Å². The molecule has 5 rings (SSSR count). The smallest absolute Gasteiger partial charge is 0.273 e. The lowest BCUT2D eigenvalue weighted by atomic mass is 9.98. The summed E-state index contributed by atoms with van der Waals surface area (Å²) in [5.74, 6) is 0.353. The number of aryl methyl sites for hydroxylation is 1. The third-order valence-electron chi connectivity index (χ3n) is 6.20. The maximum atomic E-state index is 12.5. The van der Waals surface area contributed by atoms with Gasteiger partial charge in [0.05, 0.1) is 5.57 Å². The quantitative estimate of drug-likeness (QED) is 0.350. The van der Waals surface area contributed by atoms with Gasteiger partial charge in [-0.3, -0.25) is 4.79 Å². The van der Waals surface area contributed by atoms with Crippen LogP contribution < -0.4 is 10.7 Å². The van der Waals surface area contributed by atoms with Crippen molar-refractivity contribution in [3.8, 4) is 0 Å². The third kappa shape index (κ3) is 4.78. The number of hydrazone groups is 1. The lowest BCUT2D eigenvalue weighted by molar-refractivity contribution is -0.116. The summed E-state index contributed by atoms with van der Waals surface area (Å²) in [6.45, 7) is 3.98. The molecule has 0 radical (unpaired) electrons. The third-order valence-corrected chi connectivity index (χ3v) is 6.20. The van der Waals surface area contributed by atoms with Gasteiger partial charge < -0.3 is 10.3 Å². The molecule has 1 aromatic carbocycles. The van der Waals surface area contributed by atoms with Crippen molar-refractivity contribution in [3.63, 3.8) is 0 Å². The highest BCUT2D eigenvalue weighted by Crippen LogP contribution is 2.45. The Bertz CT molecular complexity index is 1190. The molecule has 3 N–H and O–H groups in total. The molecule has 33 heavy (non-hydrogen) atoms. The molecule has 1 aliphatic heterocycles. The average Bonchev–Trinajstić information content (AvgIpc) is 3.55. The highest BCUT2D eigenvalue weighted by atomic mass is 16.2. The Morgan fingerprint density at radius 2 is 2.00 bits per heavy atom. The van der Waals surface area contributed by atoms with Gasteiger partial charge in [0.25, 0.3) is 5.91 Å². The van der Waals surface area contributed by atoms with Crippen molar-refractivity contribution in [2.45, 2.75) is 45.1 Å². The number of nitrogens with one attached hydrogen (secondary N) is 3. The van der Waals surface area contributed by atoms with E-state index in [0.717, 1.165) is 31.6 Å². The second-order valence-electron chi connectivity index (χ2n) is 8.66. The molecule has 2 aliphatic rings. The Kier molecular flexibility index (Phi) is 6.13. The molecule has 0 bridgehead atoms. The molecule has 168 valence electrons. The SMILES string of the molecule is Cc1[nH]c(/C=C2/C(=O)NN=C2c2cccnn2)c(C2CC2)c1CCCNCc1ccccc1. The summed E-state index contributed by atoms with van der Waals surface area (Å²) in [7, 11) is 0. The predicted molar refractivity (Wildman–Crippen MR) is 129 cm³/mol. The van der Waals surface area contributed by atoms with Crippen molar-refractivity contribution >= 4 is 17.7 Å². The average molecular weight is 441 g/mol. The van der Waals surface area contributed by atoms with Crippen LogP contribution in [0.3, 0.4) is 0 Å². The first-order valence-electron chi connectivity index (χ1n) is 11.5. The molecule has 3 aromatic rings. The lowest BCUT2D eigenvalue weighted by Gasteiger charge is -2.08. The van der Waals surface area contributed by atoms with Crippen molar-refractivity contribution in [1.82, 2.24) is 25.9 Å². The number of aromatic nitrogens is 3. The predicted octanol–water partition coefficient (Wildman–Crippen LogP) is 3.63. The van der Waals surface area contributed by atoms with Crippen LogP contribution >= 0.6 is 0 Å². The summed E-state index contributed by atoms with van der Waals surface area (Å²) in [6.07, 6.45) is 8.02. The number of amides is 1. The van der Waals surface area contributed by atoms with E-state index in [9.17, 15) is 4.79 Å². The number of benzene rings is 1. The number of carbonyl (C=O) groups is 1. The van der Waals surface area contributed by atoms with Crippen molar-refractivity contribution in [2.24, 2.45) is 5.10 Å². The Labute approximate surface area is 193 Å². The number of nitrogens with zero attached hydrogens (tertiary/aromatic N) is 3. The van der Waals surface area contributed by atoms with Crippen molar-refractivity contribution < 1.29 is 4.79 Å². The number of hydrogen-bond acceptors (Lipinski definition) is 5. The van der Waals surface area contributed by atoms with Crippen LogP contribution in [0.1, 0.15) is 59.0 Å². The minimum Gasteiger partial charge on any atom is -0.359 e. The second kappa shape index (κ2) is 9.50. The molecule has 7 nitrogen and oxygen atoms in total. The summed E-state index contributed by atoms with van der Waals surface area (Å²) < 4.78 is 0. The summed E-state index contributed by atoms with van der Waals surface area (Å²) in [4.78, 5) is 16.1. The fraction of sp³-hybridized carbons (Fsp3) is 0.308. The van der Waals surface area contributed by atoms with Crippen LogP contribution in [0.4, 0.5) is 0 Å². The second-order valence-corrected chi connectivity index (χ2v) is 8.66. The van der Waals surface area contributed by atoms with E-state index in [4.69, 9.17) is 0 Å². The van der Waals surface area contributed by atoms with E-state index < -0.39 is 0 Å². The molecule has 2 aromatic heterocycles. The van der Waals surface area contributed by atoms with Gasteiger partial charge in [0.15, 0.2) is 0 Å². The fourth-order valence-electron chi connectivity index (χ4n) is 4.44. The fourth-order valence-corrected chi connectivity index (χ4v) is 4.44. The molecule has 1 saturated carbocycles. The Morgan fingerprint density at radius 3 is 2.76 bits per heavy atom. The van der Waals surface area contributed by atoms with Crippen LogP contribution in [-0.2, 0) is 17.8 Å². The summed E-state index contributed by atoms with van der Waals surface area (Å²) in [6, 6.07) is 14.1. The number of rotatable bonds is 9. The Morgan fingerprint density at radius 1 is 1.15 bits per heavy atom. The van der Waals surface area contributed by atoms with Gasteiger partial charge in [0.2, 0.25) is 0 Å². The minimum atomic E-state index is -0.212. The zero-order valence-electron chi connectivity index (χ0n) is 18.8. The molecule has 0 atom stereocenters. The number of carbonyl (C=O) groups excluding carboxylic acids is 1. The highest BCUT2D eigenvalue weighted by Gasteiger charge is 2.32. The minimum absolute atomic E-state index is 0.212. The van der Waals surface area contributed by atoms with Gasteiger partial charge in [0.1, 0.15) is 11.4 Å². The molecule has 0 saturated heterocycles. The summed E-state index contributed by atoms with van der Waals surface area (Å²) in [5, 5.41) is 15.8. The van der Waals surface area contributed by atoms with Gasteiger partial charge in [-0.15, -0.1) is 5.10 Å². The van der Waals surface area contributed by atoms with Gasteiger partial charge in [-0.1, -0.05) is 30.3 Å². The van der Waals surface area contributed by atoms with E-state index in [-0.39, 0.29) is 5.91 Å². The van der Waals surface area contributed by atoms with Crippen molar-refractivity contribution in [2.75, 3.05) is 6.54 Å². The van der Waals surface area contributed by atoms with Gasteiger partial charge in [-0.05, 0) is 80.0 Å². The molecule has 1 amide bonds. The van der Waals surface area contributed by atoms with Crippen molar-refractivity contribution in [1.29, 1.82) is 0 Å². The van der Waals surface area contributed by atoms with Crippen LogP contribution in [0.2, 0.25) is 0 Å². The Balaban J connectivity index is 1.32. The zero-order valence-corrected chi connectivity index (χ0v) is 18.8. The largest absolute Gasteiger partial charge is 0.359 e. The zero-order chi connectivity index (χ0) is 22.6. The monoisotopic (exact) mass is 440 g/mol. The van der Waals surface area contributed by atoms with Gasteiger partial charge in [-0.25, -0.2) is 5.43 Å². The first-order chi connectivity index (χ1) is 16.2. The van der Waals surface area contributed by atoms with Crippen LogP contribution in [0, 0.1) is 6.92 Å². The maximum absolute atomic E-state index is 12.5. The van der Waals surface area contributed by atoms with Gasteiger partial charge in [-0.2, -0.15) is 10.2 Å². The van der Waals surface area contributed by atoms with E-state index in [1.54, 1.807) is 12.3 Å². The summed E-state index contributed by atoms with van der Waals surface area (Å²) in [5.41, 5.74) is 10.5. The van der Waals surface area contributed by atoms with Crippen LogP contribution in [-0.4, -0.2) is 33.3 Å². The van der Waals surface area contributed by atoms with Gasteiger partial charge in [0, 0.05) is 24.1 Å². The normalized spacial score (nSPS) is 16.8. The molecule has 7 heteroatoms. The molecule has 0 unspecified atom stereocenters. The maximum Gasteiger partial charge on any atom is 0.273 e. The number of H-pyrrole nitrogens is 1. The summed E-state index contributed by atoms with van der Waals surface area (Å²) >= 11 is 0. The molecule has 0 spiro atoms.